The van der Waals surface area contributed by atoms with Crippen LogP contribution in [0.5, 0.6) is 0 Å². The van der Waals surface area contributed by atoms with Crippen LogP contribution in [0, 0.1) is 30.1 Å². The van der Waals surface area contributed by atoms with E-state index in [9.17, 15) is 0 Å². The minimum absolute atomic E-state index is 0.550. The van der Waals surface area contributed by atoms with Crippen LogP contribution in [0.1, 0.15) is 78.7 Å². The molecule has 0 amide bonds. The summed E-state index contributed by atoms with van der Waals surface area (Å²) in [5.74, 6) is 2.59. The Morgan fingerprint density at radius 2 is 1.81 bits per heavy atom. The summed E-state index contributed by atoms with van der Waals surface area (Å²) >= 11 is 1.84. The van der Waals surface area contributed by atoms with Crippen molar-refractivity contribution in [1.82, 2.24) is 4.72 Å². The topological polar surface area (TPSA) is 12.0 Å². The summed E-state index contributed by atoms with van der Waals surface area (Å²) in [6.45, 7) is 13.4. The number of fused-ring (bicyclic) bond motifs is 2. The van der Waals surface area contributed by atoms with Gasteiger partial charge in [0.1, 0.15) is 0 Å². The number of hydrogen-bond acceptors (Lipinski definition) is 2. The van der Waals surface area contributed by atoms with Crippen LogP contribution in [0.15, 0.2) is 41.3 Å². The molecule has 0 aromatic heterocycles. The number of nitrogens with one attached hydrogen (secondary N) is 1. The lowest BCUT2D eigenvalue weighted by molar-refractivity contribution is -0.115. The van der Waals surface area contributed by atoms with Gasteiger partial charge in [-0.25, -0.2) is 0 Å². The maximum absolute atomic E-state index is 3.84. The molecule has 4 atom stereocenters. The van der Waals surface area contributed by atoms with Crippen molar-refractivity contribution in [2.45, 2.75) is 91.0 Å². The first-order valence-corrected chi connectivity index (χ1v) is 12.0. The predicted molar refractivity (Wildman–Crippen MR) is 122 cm³/mol. The maximum atomic E-state index is 3.84. The molecular formula is C25H41NS. The highest BCUT2D eigenvalue weighted by molar-refractivity contribution is 7.97. The molecule has 1 aromatic carbocycles. The Kier molecular flexibility index (Phi) is 8.95. The summed E-state index contributed by atoms with van der Waals surface area (Å²) in [5.41, 5.74) is 1.88. The molecule has 0 radical (unpaired) electrons. The van der Waals surface area contributed by atoms with Gasteiger partial charge in [-0.3, -0.25) is 4.72 Å². The number of rotatable bonds is 8. The summed E-state index contributed by atoms with van der Waals surface area (Å²) in [6, 6.07) is 9.54. The third-order valence-corrected chi connectivity index (χ3v) is 7.70. The lowest BCUT2D eigenvalue weighted by Gasteiger charge is -2.62. The molecule has 3 saturated carbocycles. The molecule has 152 valence electrons. The minimum atomic E-state index is 0.550. The van der Waals surface area contributed by atoms with Gasteiger partial charge in [0.15, 0.2) is 0 Å². The number of allylic oxidation sites excluding steroid dienone is 2. The summed E-state index contributed by atoms with van der Waals surface area (Å²) in [6.07, 6.45) is 12.8. The summed E-state index contributed by atoms with van der Waals surface area (Å²) in [4.78, 5) is 1.33. The maximum Gasteiger partial charge on any atom is 0.0228 e. The molecule has 3 fully saturated rings. The van der Waals surface area contributed by atoms with Gasteiger partial charge in [0.2, 0.25) is 0 Å². The molecular weight excluding hydrogens is 346 g/mol. The molecule has 0 spiro atoms. The van der Waals surface area contributed by atoms with Gasteiger partial charge in [-0.1, -0.05) is 77.3 Å². The van der Waals surface area contributed by atoms with Crippen molar-refractivity contribution < 1.29 is 0 Å². The molecule has 1 nitrogen and oxygen atoms in total. The fourth-order valence-electron chi connectivity index (χ4n) is 4.85. The standard InChI is InChI=1S/C23H35NS.C2H6/c1-5-6-7-8-9-10-20-21-15-18(23(21,3)4)16-22(20)24-25-19-13-11-17(2)12-14-19;1-2/h8-9,11-14,18,20-22,24H,5-7,10,15-16H2,1-4H3;1-2H3/b9-8-;/t18-,20?,21?,22?;/m1./s1. The predicted octanol–water partition coefficient (Wildman–Crippen LogP) is 7.81. The summed E-state index contributed by atoms with van der Waals surface area (Å²) < 4.78 is 3.84. The molecule has 1 N–H and O–H groups in total. The van der Waals surface area contributed by atoms with Crippen LogP contribution >= 0.6 is 11.9 Å². The largest absolute Gasteiger partial charge is 0.256 e. The highest BCUT2D eigenvalue weighted by atomic mass is 32.2. The molecule has 0 saturated heterocycles. The van der Waals surface area contributed by atoms with E-state index in [2.05, 4.69) is 68.8 Å². The first kappa shape index (κ1) is 22.6. The summed E-state index contributed by atoms with van der Waals surface area (Å²) in [5, 5.41) is 0. The van der Waals surface area contributed by atoms with Crippen molar-refractivity contribution in [3.8, 4) is 0 Å². The van der Waals surface area contributed by atoms with Crippen molar-refractivity contribution in [3.05, 3.63) is 42.0 Å². The zero-order valence-electron chi connectivity index (χ0n) is 18.4. The van der Waals surface area contributed by atoms with Gasteiger partial charge in [0.25, 0.3) is 0 Å². The van der Waals surface area contributed by atoms with Gasteiger partial charge in [-0.05, 0) is 79.9 Å². The number of aryl methyl sites for hydroxylation is 1. The zero-order valence-corrected chi connectivity index (χ0v) is 19.2. The van der Waals surface area contributed by atoms with Crippen LogP contribution < -0.4 is 4.72 Å². The van der Waals surface area contributed by atoms with Crippen molar-refractivity contribution >= 4 is 11.9 Å². The molecule has 0 aliphatic heterocycles. The van der Waals surface area contributed by atoms with E-state index >= 15 is 0 Å². The molecule has 4 rings (SSSR count). The van der Waals surface area contributed by atoms with E-state index in [1.165, 1.54) is 49.0 Å². The molecule has 3 unspecified atom stereocenters. The second-order valence-electron chi connectivity index (χ2n) is 8.75. The van der Waals surface area contributed by atoms with Gasteiger partial charge >= 0.3 is 0 Å². The monoisotopic (exact) mass is 387 g/mol. The Morgan fingerprint density at radius 1 is 1.11 bits per heavy atom. The van der Waals surface area contributed by atoms with Crippen molar-refractivity contribution in [1.29, 1.82) is 0 Å². The van der Waals surface area contributed by atoms with Gasteiger partial charge in [0, 0.05) is 10.9 Å². The molecule has 3 aliphatic carbocycles. The van der Waals surface area contributed by atoms with Crippen LogP contribution in [-0.4, -0.2) is 6.04 Å². The van der Waals surface area contributed by atoms with E-state index < -0.39 is 0 Å². The fraction of sp³-hybridized carbons (Fsp3) is 0.680. The van der Waals surface area contributed by atoms with Crippen LogP contribution in [0.25, 0.3) is 0 Å². The average molecular weight is 388 g/mol. The van der Waals surface area contributed by atoms with Gasteiger partial charge in [0.05, 0.1) is 0 Å². The third-order valence-electron chi connectivity index (χ3n) is 6.77. The Hall–Kier alpha value is -0.730. The average Bonchev–Trinajstić information content (AvgIpc) is 2.69. The summed E-state index contributed by atoms with van der Waals surface area (Å²) in [7, 11) is 0. The van der Waals surface area contributed by atoms with Crippen LogP contribution in [0.3, 0.4) is 0 Å². The normalized spacial score (nSPS) is 28.4. The van der Waals surface area contributed by atoms with E-state index in [-0.39, 0.29) is 0 Å². The van der Waals surface area contributed by atoms with Crippen LogP contribution in [-0.2, 0) is 0 Å². The third kappa shape index (κ3) is 5.64. The second-order valence-corrected chi connectivity index (χ2v) is 9.66. The van der Waals surface area contributed by atoms with Crippen LogP contribution in [0.4, 0.5) is 0 Å². The molecule has 3 aliphatic rings. The van der Waals surface area contributed by atoms with E-state index in [0.29, 0.717) is 11.5 Å². The second kappa shape index (κ2) is 10.7. The lowest BCUT2D eigenvalue weighted by atomic mass is 9.44. The number of benzene rings is 1. The fourth-order valence-corrected chi connectivity index (χ4v) is 5.68. The Labute approximate surface area is 172 Å². The van der Waals surface area contributed by atoms with E-state index in [1.54, 1.807) is 0 Å². The molecule has 27 heavy (non-hydrogen) atoms. The van der Waals surface area contributed by atoms with E-state index in [1.807, 2.05) is 25.8 Å². The first-order chi connectivity index (χ1) is 13.0. The first-order valence-electron chi connectivity index (χ1n) is 11.2. The SMILES string of the molecule is CC.CCCC/C=C\CC1C(NSc2ccc(C)cc2)C[C@H]2CC1C2(C)C. The van der Waals surface area contributed by atoms with Crippen LogP contribution in [0.2, 0.25) is 0 Å². The van der Waals surface area contributed by atoms with E-state index in [4.69, 9.17) is 0 Å². The Balaban J connectivity index is 0.00000126. The van der Waals surface area contributed by atoms with Gasteiger partial charge in [-0.2, -0.15) is 0 Å². The number of unbranched alkanes of at least 4 members (excludes halogenated alkanes) is 2. The smallest absolute Gasteiger partial charge is 0.0228 e. The highest BCUT2D eigenvalue weighted by Crippen LogP contribution is 2.62. The van der Waals surface area contributed by atoms with Crippen molar-refractivity contribution in [2.75, 3.05) is 0 Å². The van der Waals surface area contributed by atoms with Gasteiger partial charge < -0.3 is 0 Å². The molecule has 2 bridgehead atoms. The van der Waals surface area contributed by atoms with E-state index in [0.717, 1.165) is 17.8 Å². The Bertz CT molecular complexity index is 574. The van der Waals surface area contributed by atoms with Crippen molar-refractivity contribution in [2.24, 2.45) is 23.2 Å². The quantitative estimate of drug-likeness (QED) is 0.277. The highest BCUT2D eigenvalue weighted by Gasteiger charge is 2.57. The zero-order chi connectivity index (χ0) is 19.9. The number of hydrogen-bond donors (Lipinski definition) is 1. The molecule has 0 heterocycles. The van der Waals surface area contributed by atoms with Gasteiger partial charge in [-0.15, -0.1) is 0 Å². The van der Waals surface area contributed by atoms with Crippen molar-refractivity contribution in [3.63, 3.8) is 0 Å². The Morgan fingerprint density at radius 3 is 2.44 bits per heavy atom. The molecule has 1 aromatic rings. The minimum Gasteiger partial charge on any atom is -0.256 e. The lowest BCUT2D eigenvalue weighted by Crippen LogP contribution is -2.59. The molecule has 2 heteroatoms.